The number of hydrogen-bond acceptors (Lipinski definition) is 3. The van der Waals surface area contributed by atoms with Crippen LogP contribution in [0.15, 0.2) is 30.5 Å². The van der Waals surface area contributed by atoms with Crippen molar-refractivity contribution in [3.63, 3.8) is 0 Å². The maximum absolute atomic E-state index is 13.2. The summed E-state index contributed by atoms with van der Waals surface area (Å²) in [4.78, 5) is 2.28. The van der Waals surface area contributed by atoms with Gasteiger partial charge in [0.05, 0.1) is 11.7 Å². The van der Waals surface area contributed by atoms with Crippen LogP contribution in [0.4, 0.5) is 4.39 Å². The third-order valence-corrected chi connectivity index (χ3v) is 4.03. The van der Waals surface area contributed by atoms with Crippen molar-refractivity contribution in [2.24, 2.45) is 0 Å². The lowest BCUT2D eigenvalue weighted by molar-refractivity contribution is 0.328. The molecule has 1 heterocycles. The molecule has 0 bridgehead atoms. The predicted molar refractivity (Wildman–Crippen MR) is 86.2 cm³/mol. The molecule has 1 aromatic heterocycles. The van der Waals surface area contributed by atoms with E-state index in [1.807, 2.05) is 19.2 Å². The lowest BCUT2D eigenvalue weighted by Gasteiger charge is -2.16. The molecule has 1 aromatic carbocycles. The van der Waals surface area contributed by atoms with E-state index in [-0.39, 0.29) is 5.82 Å². The average Bonchev–Trinajstić information content (AvgIpc) is 3.28. The lowest BCUT2D eigenvalue weighted by Crippen LogP contribution is -2.27. The smallest absolute Gasteiger partial charge is 0.123 e. The fourth-order valence-corrected chi connectivity index (χ4v) is 2.59. The van der Waals surface area contributed by atoms with E-state index in [0.29, 0.717) is 6.04 Å². The number of nitrogens with zero attached hydrogens (tertiary/aromatic N) is 3. The van der Waals surface area contributed by atoms with Gasteiger partial charge in [0.2, 0.25) is 0 Å². The first-order chi connectivity index (χ1) is 10.7. The Morgan fingerprint density at radius 2 is 2.05 bits per heavy atom. The van der Waals surface area contributed by atoms with Crippen LogP contribution in [0.2, 0.25) is 0 Å². The summed E-state index contributed by atoms with van der Waals surface area (Å²) >= 11 is 0. The van der Waals surface area contributed by atoms with Crippen molar-refractivity contribution in [3.8, 4) is 11.3 Å². The summed E-state index contributed by atoms with van der Waals surface area (Å²) in [5.74, 6) is -0.210. The highest BCUT2D eigenvalue weighted by molar-refractivity contribution is 5.62. The Balaban J connectivity index is 1.85. The minimum Gasteiger partial charge on any atom is -0.318 e. The highest BCUT2D eigenvalue weighted by Gasteiger charge is 2.26. The summed E-state index contributed by atoms with van der Waals surface area (Å²) in [5.41, 5.74) is 3.16. The fourth-order valence-electron chi connectivity index (χ4n) is 2.59. The van der Waals surface area contributed by atoms with Crippen molar-refractivity contribution in [1.82, 2.24) is 20.0 Å². The van der Waals surface area contributed by atoms with Crippen LogP contribution in [0.5, 0.6) is 0 Å². The van der Waals surface area contributed by atoms with E-state index in [9.17, 15) is 4.39 Å². The van der Waals surface area contributed by atoms with Crippen LogP contribution in [-0.2, 0) is 6.54 Å². The van der Waals surface area contributed by atoms with Crippen molar-refractivity contribution in [3.05, 3.63) is 41.8 Å². The molecule has 1 saturated carbocycles. The molecular weight excluding hydrogens is 279 g/mol. The largest absolute Gasteiger partial charge is 0.318 e. The zero-order valence-electron chi connectivity index (χ0n) is 13.2. The Morgan fingerprint density at radius 3 is 2.68 bits per heavy atom. The molecule has 0 radical (unpaired) electrons. The second-order valence-electron chi connectivity index (χ2n) is 6.06. The fraction of sp³-hybridized carbons (Fsp3) is 0.471. The van der Waals surface area contributed by atoms with Crippen molar-refractivity contribution in [1.29, 1.82) is 0 Å². The van der Waals surface area contributed by atoms with Gasteiger partial charge in [-0.25, -0.2) is 4.39 Å². The summed E-state index contributed by atoms with van der Waals surface area (Å²) in [6.07, 6.45) is 4.57. The van der Waals surface area contributed by atoms with Gasteiger partial charge in [-0.3, -0.25) is 4.68 Å². The SMILES string of the molecule is CNCCN(C)Cc1cn(C2CC2)nc1-c1ccc(F)cc1. The van der Waals surface area contributed by atoms with Gasteiger partial charge >= 0.3 is 0 Å². The van der Waals surface area contributed by atoms with Crippen LogP contribution in [0.3, 0.4) is 0 Å². The molecule has 1 aliphatic rings. The normalized spacial score (nSPS) is 14.7. The number of nitrogens with one attached hydrogen (secondary N) is 1. The zero-order chi connectivity index (χ0) is 15.5. The van der Waals surface area contributed by atoms with Gasteiger partial charge in [0.25, 0.3) is 0 Å². The average molecular weight is 302 g/mol. The summed E-state index contributed by atoms with van der Waals surface area (Å²) in [6.45, 7) is 2.79. The molecule has 0 amide bonds. The van der Waals surface area contributed by atoms with E-state index in [1.165, 1.54) is 30.5 Å². The number of halogens is 1. The standard InChI is InChI=1S/C17H23FN4/c1-19-9-10-21(2)11-14-12-22(16-7-8-16)20-17(14)13-3-5-15(18)6-4-13/h3-6,12,16,19H,7-11H2,1-2H3. The molecule has 0 atom stereocenters. The minimum atomic E-state index is -0.210. The van der Waals surface area contributed by atoms with Crippen molar-refractivity contribution in [2.45, 2.75) is 25.4 Å². The second kappa shape index (κ2) is 6.58. The third kappa shape index (κ3) is 3.54. The molecule has 0 unspecified atom stereocenters. The number of likely N-dealkylation sites (N-methyl/N-ethyl adjacent to an activating group) is 2. The zero-order valence-corrected chi connectivity index (χ0v) is 13.2. The van der Waals surface area contributed by atoms with Crippen LogP contribution >= 0.6 is 0 Å². The molecule has 1 fully saturated rings. The first-order valence-electron chi connectivity index (χ1n) is 7.84. The second-order valence-corrected chi connectivity index (χ2v) is 6.06. The molecule has 1 aliphatic carbocycles. The number of benzene rings is 1. The molecule has 1 N–H and O–H groups in total. The maximum Gasteiger partial charge on any atom is 0.123 e. The lowest BCUT2D eigenvalue weighted by atomic mass is 10.1. The first-order valence-corrected chi connectivity index (χ1v) is 7.84. The van der Waals surface area contributed by atoms with Gasteiger partial charge in [-0.2, -0.15) is 5.10 Å². The minimum absolute atomic E-state index is 0.210. The van der Waals surface area contributed by atoms with E-state index in [2.05, 4.69) is 28.1 Å². The van der Waals surface area contributed by atoms with Crippen LogP contribution in [0, 0.1) is 5.82 Å². The number of hydrogen-bond donors (Lipinski definition) is 1. The molecule has 5 heteroatoms. The molecule has 0 spiro atoms. The van der Waals surface area contributed by atoms with Gasteiger partial charge in [0.15, 0.2) is 0 Å². The van der Waals surface area contributed by atoms with Gasteiger partial charge in [-0.1, -0.05) is 0 Å². The van der Waals surface area contributed by atoms with Crippen molar-refractivity contribution < 1.29 is 4.39 Å². The van der Waals surface area contributed by atoms with Gasteiger partial charge < -0.3 is 10.2 Å². The Morgan fingerprint density at radius 1 is 1.32 bits per heavy atom. The van der Waals surface area contributed by atoms with E-state index < -0.39 is 0 Å². The Bertz CT molecular complexity index is 616. The molecular formula is C17H23FN4. The molecule has 0 saturated heterocycles. The predicted octanol–water partition coefficient (Wildman–Crippen LogP) is 2.68. The molecule has 2 aromatic rings. The maximum atomic E-state index is 13.2. The molecule has 22 heavy (non-hydrogen) atoms. The Hall–Kier alpha value is -1.72. The van der Waals surface area contributed by atoms with Crippen LogP contribution in [0.1, 0.15) is 24.4 Å². The summed E-state index contributed by atoms with van der Waals surface area (Å²) in [5, 5.41) is 7.92. The first kappa shape index (κ1) is 15.2. The Kier molecular flexibility index (Phi) is 4.55. The highest BCUT2D eigenvalue weighted by atomic mass is 19.1. The topological polar surface area (TPSA) is 33.1 Å². The summed E-state index contributed by atoms with van der Waals surface area (Å²) < 4.78 is 15.2. The number of rotatable bonds is 7. The monoisotopic (exact) mass is 302 g/mol. The van der Waals surface area contributed by atoms with E-state index in [1.54, 1.807) is 0 Å². The van der Waals surface area contributed by atoms with Crippen molar-refractivity contribution in [2.75, 3.05) is 27.2 Å². The van der Waals surface area contributed by atoms with Crippen LogP contribution < -0.4 is 5.32 Å². The quantitative estimate of drug-likeness (QED) is 0.853. The molecule has 0 aliphatic heterocycles. The van der Waals surface area contributed by atoms with Crippen LogP contribution in [0.25, 0.3) is 11.3 Å². The van der Waals surface area contributed by atoms with Gasteiger partial charge in [-0.15, -0.1) is 0 Å². The summed E-state index contributed by atoms with van der Waals surface area (Å²) in [6, 6.07) is 7.17. The summed E-state index contributed by atoms with van der Waals surface area (Å²) in [7, 11) is 4.07. The third-order valence-electron chi connectivity index (χ3n) is 4.03. The highest BCUT2D eigenvalue weighted by Crippen LogP contribution is 2.36. The van der Waals surface area contributed by atoms with Crippen LogP contribution in [-0.4, -0.2) is 41.9 Å². The number of aromatic nitrogens is 2. The molecule has 118 valence electrons. The van der Waals surface area contributed by atoms with Gasteiger partial charge in [0, 0.05) is 37.0 Å². The molecule has 3 rings (SSSR count). The van der Waals surface area contributed by atoms with E-state index >= 15 is 0 Å². The Labute approximate surface area is 130 Å². The van der Waals surface area contributed by atoms with Gasteiger partial charge in [0.1, 0.15) is 5.82 Å². The van der Waals surface area contributed by atoms with Gasteiger partial charge in [-0.05, 0) is 51.2 Å². The van der Waals surface area contributed by atoms with E-state index in [0.717, 1.165) is 30.9 Å². The van der Waals surface area contributed by atoms with Crippen molar-refractivity contribution >= 4 is 0 Å². The molecule has 4 nitrogen and oxygen atoms in total. The van der Waals surface area contributed by atoms with E-state index in [4.69, 9.17) is 5.10 Å².